The molecular weight excluding hydrogens is 308 g/mol. The maximum Gasteiger partial charge on any atom is 0.331 e. The predicted molar refractivity (Wildman–Crippen MR) is 85.1 cm³/mol. The number of nitrogens with one attached hydrogen (secondary N) is 2. The van der Waals surface area contributed by atoms with Gasteiger partial charge < -0.3 is 20.1 Å². The second kappa shape index (κ2) is 9.33. The molecule has 1 atom stereocenters. The van der Waals surface area contributed by atoms with Crippen LogP contribution in [0.3, 0.4) is 0 Å². The molecule has 1 amide bonds. The zero-order chi connectivity index (χ0) is 15.1. The summed E-state index contributed by atoms with van der Waals surface area (Å²) >= 11 is 0. The minimum Gasteiger partial charge on any atom is -0.467 e. The van der Waals surface area contributed by atoms with E-state index in [9.17, 15) is 9.59 Å². The Balaban J connectivity index is 0.00000242. The van der Waals surface area contributed by atoms with Gasteiger partial charge in [0.25, 0.3) is 0 Å². The van der Waals surface area contributed by atoms with E-state index in [1.807, 2.05) is 0 Å². The zero-order valence-corrected chi connectivity index (χ0v) is 14.0. The van der Waals surface area contributed by atoms with Gasteiger partial charge in [-0.2, -0.15) is 0 Å². The first-order valence-corrected chi connectivity index (χ1v) is 7.87. The van der Waals surface area contributed by atoms with Gasteiger partial charge in [0.05, 0.1) is 20.3 Å². The first-order valence-electron chi connectivity index (χ1n) is 7.87. The van der Waals surface area contributed by atoms with Crippen molar-refractivity contribution in [1.29, 1.82) is 0 Å². The molecule has 2 rings (SSSR count). The van der Waals surface area contributed by atoms with Gasteiger partial charge in [-0.25, -0.2) is 4.79 Å². The number of carbonyl (C=O) groups is 2. The van der Waals surface area contributed by atoms with Gasteiger partial charge in [0.2, 0.25) is 5.91 Å². The second-order valence-corrected chi connectivity index (χ2v) is 5.97. The number of morpholine rings is 1. The molecule has 22 heavy (non-hydrogen) atoms. The van der Waals surface area contributed by atoms with Gasteiger partial charge in [0, 0.05) is 19.0 Å². The summed E-state index contributed by atoms with van der Waals surface area (Å²) < 4.78 is 10.3. The fourth-order valence-electron chi connectivity index (χ4n) is 3.20. The molecule has 1 saturated heterocycles. The molecule has 1 heterocycles. The molecule has 1 unspecified atom stereocenters. The second-order valence-electron chi connectivity index (χ2n) is 5.97. The van der Waals surface area contributed by atoms with E-state index in [1.54, 1.807) is 0 Å². The van der Waals surface area contributed by atoms with Gasteiger partial charge in [-0.3, -0.25) is 4.79 Å². The molecule has 0 aromatic rings. The van der Waals surface area contributed by atoms with E-state index in [4.69, 9.17) is 9.47 Å². The molecule has 7 heteroatoms. The standard InChI is InChI=1S/C15H26N2O4.ClH/c1-20-14(19)15(6-4-2-3-5-7-15)17-13(18)10-12-11-21-9-8-16-12;/h12,16H,2-11H2,1H3,(H,17,18);1H. The van der Waals surface area contributed by atoms with E-state index in [0.29, 0.717) is 32.5 Å². The summed E-state index contributed by atoms with van der Waals surface area (Å²) in [5.74, 6) is -0.420. The molecule has 0 aromatic carbocycles. The lowest BCUT2D eigenvalue weighted by molar-refractivity contribution is -0.152. The third-order valence-corrected chi connectivity index (χ3v) is 4.34. The number of hydrogen-bond donors (Lipinski definition) is 2. The maximum absolute atomic E-state index is 12.3. The average molecular weight is 335 g/mol. The Labute approximate surface area is 138 Å². The topological polar surface area (TPSA) is 76.7 Å². The van der Waals surface area contributed by atoms with E-state index >= 15 is 0 Å². The fourth-order valence-corrected chi connectivity index (χ4v) is 3.20. The van der Waals surface area contributed by atoms with Crippen LogP contribution < -0.4 is 10.6 Å². The molecule has 2 fully saturated rings. The summed E-state index contributed by atoms with van der Waals surface area (Å²) in [5.41, 5.74) is -0.835. The minimum atomic E-state index is -0.835. The molecule has 1 saturated carbocycles. The highest BCUT2D eigenvalue weighted by Crippen LogP contribution is 2.28. The van der Waals surface area contributed by atoms with Crippen LogP contribution in [-0.2, 0) is 19.1 Å². The van der Waals surface area contributed by atoms with Crippen molar-refractivity contribution in [3.05, 3.63) is 0 Å². The number of ether oxygens (including phenoxy) is 2. The maximum atomic E-state index is 12.3. The van der Waals surface area contributed by atoms with Crippen molar-refractivity contribution >= 4 is 24.3 Å². The summed E-state index contributed by atoms with van der Waals surface area (Å²) in [5, 5.41) is 6.21. The monoisotopic (exact) mass is 334 g/mol. The van der Waals surface area contributed by atoms with Crippen molar-refractivity contribution in [3.8, 4) is 0 Å². The van der Waals surface area contributed by atoms with Crippen molar-refractivity contribution in [2.45, 2.75) is 56.5 Å². The molecule has 1 aliphatic carbocycles. The lowest BCUT2D eigenvalue weighted by Crippen LogP contribution is -2.56. The van der Waals surface area contributed by atoms with E-state index in [1.165, 1.54) is 7.11 Å². The molecule has 0 spiro atoms. The van der Waals surface area contributed by atoms with Gasteiger partial charge >= 0.3 is 5.97 Å². The Morgan fingerprint density at radius 1 is 1.27 bits per heavy atom. The van der Waals surface area contributed by atoms with E-state index < -0.39 is 5.54 Å². The third-order valence-electron chi connectivity index (χ3n) is 4.34. The third kappa shape index (κ3) is 5.11. The smallest absolute Gasteiger partial charge is 0.331 e. The van der Waals surface area contributed by atoms with Crippen molar-refractivity contribution in [2.24, 2.45) is 0 Å². The highest BCUT2D eigenvalue weighted by molar-refractivity contribution is 5.88. The van der Waals surface area contributed by atoms with Crippen LogP contribution >= 0.6 is 12.4 Å². The van der Waals surface area contributed by atoms with Gasteiger partial charge in [-0.15, -0.1) is 12.4 Å². The lowest BCUT2D eigenvalue weighted by Gasteiger charge is -2.32. The van der Waals surface area contributed by atoms with Gasteiger partial charge in [0.1, 0.15) is 5.54 Å². The number of halogens is 1. The SMILES string of the molecule is COC(=O)C1(NC(=O)CC2COCCN2)CCCCCC1.Cl. The molecule has 2 N–H and O–H groups in total. The largest absolute Gasteiger partial charge is 0.467 e. The fraction of sp³-hybridized carbons (Fsp3) is 0.867. The molecule has 2 aliphatic rings. The zero-order valence-electron chi connectivity index (χ0n) is 13.2. The molecule has 0 radical (unpaired) electrons. The molecule has 128 valence electrons. The Bertz CT molecular complexity index is 365. The minimum absolute atomic E-state index is 0. The van der Waals surface area contributed by atoms with Crippen LogP contribution in [0.5, 0.6) is 0 Å². The molecular formula is C15H27ClN2O4. The number of carbonyl (C=O) groups excluding carboxylic acids is 2. The number of amides is 1. The molecule has 6 nitrogen and oxygen atoms in total. The van der Waals surface area contributed by atoms with Crippen LogP contribution in [0.1, 0.15) is 44.9 Å². The lowest BCUT2D eigenvalue weighted by atomic mass is 9.89. The average Bonchev–Trinajstić information content (AvgIpc) is 2.73. The first-order chi connectivity index (χ1) is 10.2. The first kappa shape index (κ1) is 19.2. The Morgan fingerprint density at radius 2 is 1.95 bits per heavy atom. The van der Waals surface area contributed by atoms with Gasteiger partial charge in [-0.05, 0) is 12.8 Å². The summed E-state index contributed by atoms with van der Waals surface area (Å²) in [6.07, 6.45) is 5.76. The van der Waals surface area contributed by atoms with Crippen molar-refractivity contribution in [2.75, 3.05) is 26.9 Å². The predicted octanol–water partition coefficient (Wildman–Crippen LogP) is 1.17. The van der Waals surface area contributed by atoms with Crippen molar-refractivity contribution < 1.29 is 19.1 Å². The van der Waals surface area contributed by atoms with Crippen LogP contribution in [0.15, 0.2) is 0 Å². The number of rotatable bonds is 4. The van der Waals surface area contributed by atoms with Crippen molar-refractivity contribution in [1.82, 2.24) is 10.6 Å². The summed E-state index contributed by atoms with van der Waals surface area (Å²) in [7, 11) is 1.39. The quantitative estimate of drug-likeness (QED) is 0.596. The van der Waals surface area contributed by atoms with Crippen LogP contribution in [0.4, 0.5) is 0 Å². The van der Waals surface area contributed by atoms with E-state index in [2.05, 4.69) is 10.6 Å². The number of hydrogen-bond acceptors (Lipinski definition) is 5. The van der Waals surface area contributed by atoms with Gasteiger partial charge in [-0.1, -0.05) is 25.7 Å². The molecule has 0 bridgehead atoms. The van der Waals surface area contributed by atoms with Crippen molar-refractivity contribution in [3.63, 3.8) is 0 Å². The summed E-state index contributed by atoms with van der Waals surface area (Å²) in [4.78, 5) is 24.5. The van der Waals surface area contributed by atoms with E-state index in [-0.39, 0.29) is 30.3 Å². The highest BCUT2D eigenvalue weighted by Gasteiger charge is 2.41. The summed E-state index contributed by atoms with van der Waals surface area (Å²) in [6.45, 7) is 1.99. The Hall–Kier alpha value is -0.850. The van der Waals surface area contributed by atoms with Gasteiger partial charge in [0.15, 0.2) is 0 Å². The Morgan fingerprint density at radius 3 is 2.50 bits per heavy atom. The van der Waals surface area contributed by atoms with E-state index in [0.717, 1.165) is 32.2 Å². The van der Waals surface area contributed by atoms with Crippen LogP contribution in [0.2, 0.25) is 0 Å². The number of esters is 1. The number of methoxy groups -OCH3 is 1. The summed E-state index contributed by atoms with van der Waals surface area (Å²) in [6, 6.07) is 0.0271. The Kier molecular flexibility index (Phi) is 8.14. The van der Waals surface area contributed by atoms with Crippen LogP contribution in [0, 0.1) is 0 Å². The molecule has 1 aliphatic heterocycles. The normalized spacial score (nSPS) is 24.5. The molecule has 0 aromatic heterocycles. The van der Waals surface area contributed by atoms with Crippen LogP contribution in [0.25, 0.3) is 0 Å². The van der Waals surface area contributed by atoms with Crippen LogP contribution in [-0.4, -0.2) is 50.3 Å². The highest BCUT2D eigenvalue weighted by atomic mass is 35.5.